The topological polar surface area (TPSA) is 40.9 Å². The molecule has 0 heterocycles. The molecule has 0 saturated carbocycles. The van der Waals surface area contributed by atoms with Crippen LogP contribution in [0.25, 0.3) is 0 Å². The van der Waals surface area contributed by atoms with Crippen molar-refractivity contribution in [2.24, 2.45) is 0 Å². The SMILES string of the molecule is C#CC[C@](C#N)(CC=C)c1ccccc1[S@@](=O)c1ccc(C)cc1. The molecule has 2 rings (SSSR count). The molecule has 0 N–H and O–H groups in total. The lowest BCUT2D eigenvalue weighted by atomic mass is 9.76. The van der Waals surface area contributed by atoms with Gasteiger partial charge >= 0.3 is 0 Å². The summed E-state index contributed by atoms with van der Waals surface area (Å²) < 4.78 is 13.1. The van der Waals surface area contributed by atoms with Crippen molar-refractivity contribution in [3.63, 3.8) is 0 Å². The molecule has 0 aliphatic heterocycles. The molecule has 24 heavy (non-hydrogen) atoms. The average Bonchev–Trinajstić information content (AvgIpc) is 2.61. The Hall–Kier alpha value is -2.62. The number of aryl methyl sites for hydroxylation is 1. The van der Waals surface area contributed by atoms with Crippen LogP contribution in [-0.4, -0.2) is 4.21 Å². The van der Waals surface area contributed by atoms with Gasteiger partial charge in [0.1, 0.15) is 0 Å². The summed E-state index contributed by atoms with van der Waals surface area (Å²) in [5.41, 5.74) is 0.909. The lowest BCUT2D eigenvalue weighted by Crippen LogP contribution is -2.25. The van der Waals surface area contributed by atoms with E-state index in [4.69, 9.17) is 6.42 Å². The summed E-state index contributed by atoms with van der Waals surface area (Å²) in [7, 11) is -1.38. The Morgan fingerprint density at radius 2 is 1.92 bits per heavy atom. The number of rotatable bonds is 6. The highest BCUT2D eigenvalue weighted by Crippen LogP contribution is 2.36. The summed E-state index contributed by atoms with van der Waals surface area (Å²) in [5.74, 6) is 2.59. The molecule has 0 aliphatic rings. The molecule has 0 amide bonds. The van der Waals surface area contributed by atoms with Crippen molar-refractivity contribution in [3.05, 3.63) is 72.3 Å². The van der Waals surface area contributed by atoms with E-state index in [9.17, 15) is 9.47 Å². The van der Waals surface area contributed by atoms with Crippen LogP contribution in [0.2, 0.25) is 0 Å². The molecular weight excluding hydrogens is 314 g/mol. The second-order valence-electron chi connectivity index (χ2n) is 5.65. The molecule has 0 radical (unpaired) electrons. The predicted molar refractivity (Wildman–Crippen MR) is 97.9 cm³/mol. The molecule has 3 heteroatoms. The summed E-state index contributed by atoms with van der Waals surface area (Å²) in [6, 6.07) is 17.2. The van der Waals surface area contributed by atoms with Crippen LogP contribution in [0.5, 0.6) is 0 Å². The van der Waals surface area contributed by atoms with Crippen LogP contribution >= 0.6 is 0 Å². The van der Waals surface area contributed by atoms with E-state index >= 15 is 0 Å². The second kappa shape index (κ2) is 7.77. The van der Waals surface area contributed by atoms with E-state index in [1.807, 2.05) is 49.4 Å². The van der Waals surface area contributed by atoms with Crippen molar-refractivity contribution < 1.29 is 4.21 Å². The zero-order chi connectivity index (χ0) is 17.6. The van der Waals surface area contributed by atoms with E-state index in [-0.39, 0.29) is 6.42 Å². The standard InChI is InChI=1S/C21H19NOS/c1-4-14-21(16-22,15-5-2)19-8-6-7-9-20(19)24(23)18-12-10-17(3)11-13-18/h1,5-13H,2,14-15H2,3H3/t21-,24+/m1/s1. The zero-order valence-electron chi connectivity index (χ0n) is 13.7. The molecular formula is C21H19NOS. The average molecular weight is 333 g/mol. The van der Waals surface area contributed by atoms with Crippen LogP contribution in [-0.2, 0) is 16.2 Å². The van der Waals surface area contributed by atoms with Gasteiger partial charge in [-0.2, -0.15) is 5.26 Å². The van der Waals surface area contributed by atoms with Gasteiger partial charge in [0.15, 0.2) is 0 Å². The number of allylic oxidation sites excluding steroid dienone is 1. The first-order chi connectivity index (χ1) is 11.6. The number of hydrogen-bond donors (Lipinski definition) is 0. The van der Waals surface area contributed by atoms with Gasteiger partial charge in [0.05, 0.1) is 22.3 Å². The minimum atomic E-state index is -1.38. The largest absolute Gasteiger partial charge is 0.249 e. The van der Waals surface area contributed by atoms with Gasteiger partial charge in [0.2, 0.25) is 0 Å². The van der Waals surface area contributed by atoms with E-state index < -0.39 is 16.2 Å². The lowest BCUT2D eigenvalue weighted by Gasteiger charge is -2.26. The van der Waals surface area contributed by atoms with Crippen LogP contribution in [0.15, 0.2) is 71.0 Å². The highest BCUT2D eigenvalue weighted by Gasteiger charge is 2.33. The second-order valence-corrected chi connectivity index (χ2v) is 7.09. The zero-order valence-corrected chi connectivity index (χ0v) is 14.5. The maximum atomic E-state index is 13.1. The molecule has 2 aromatic carbocycles. The van der Waals surface area contributed by atoms with Gasteiger partial charge in [-0.3, -0.25) is 0 Å². The molecule has 0 saturated heterocycles. The summed E-state index contributed by atoms with van der Waals surface area (Å²) in [6.07, 6.45) is 7.85. The summed E-state index contributed by atoms with van der Waals surface area (Å²) in [4.78, 5) is 1.33. The van der Waals surface area contributed by atoms with Gasteiger partial charge in [-0.15, -0.1) is 18.9 Å². The molecule has 0 spiro atoms. The Morgan fingerprint density at radius 3 is 2.50 bits per heavy atom. The molecule has 0 aromatic heterocycles. The van der Waals surface area contributed by atoms with Crippen LogP contribution in [0.1, 0.15) is 24.0 Å². The quantitative estimate of drug-likeness (QED) is 0.576. The van der Waals surface area contributed by atoms with E-state index in [1.54, 1.807) is 12.1 Å². The molecule has 0 bridgehead atoms. The Kier molecular flexibility index (Phi) is 5.74. The fourth-order valence-corrected chi connectivity index (χ4v) is 3.96. The Balaban J connectivity index is 2.60. The van der Waals surface area contributed by atoms with Gasteiger partial charge in [0.25, 0.3) is 0 Å². The van der Waals surface area contributed by atoms with Crippen LogP contribution in [0.4, 0.5) is 0 Å². The van der Waals surface area contributed by atoms with Crippen molar-refractivity contribution in [1.29, 1.82) is 5.26 Å². The monoisotopic (exact) mass is 333 g/mol. The number of nitriles is 1. The first-order valence-electron chi connectivity index (χ1n) is 7.61. The Bertz CT molecular complexity index is 839. The van der Waals surface area contributed by atoms with Gasteiger partial charge < -0.3 is 0 Å². The fourth-order valence-electron chi connectivity index (χ4n) is 2.66. The van der Waals surface area contributed by atoms with Crippen molar-refractivity contribution in [2.75, 3.05) is 0 Å². The predicted octanol–water partition coefficient (Wildman–Crippen LogP) is 4.52. The normalized spacial score (nSPS) is 14.0. The van der Waals surface area contributed by atoms with E-state index in [0.29, 0.717) is 21.8 Å². The Labute approximate surface area is 146 Å². The van der Waals surface area contributed by atoms with Crippen molar-refractivity contribution in [2.45, 2.75) is 35.0 Å². The maximum Gasteiger partial charge on any atom is 0.0976 e. The van der Waals surface area contributed by atoms with Crippen LogP contribution < -0.4 is 0 Å². The minimum Gasteiger partial charge on any atom is -0.249 e. The van der Waals surface area contributed by atoms with Gasteiger partial charge in [-0.25, -0.2) is 4.21 Å². The van der Waals surface area contributed by atoms with Gasteiger partial charge in [0, 0.05) is 16.2 Å². The lowest BCUT2D eigenvalue weighted by molar-refractivity contribution is 0.561. The van der Waals surface area contributed by atoms with E-state index in [1.165, 1.54) is 0 Å². The van der Waals surface area contributed by atoms with Crippen molar-refractivity contribution in [1.82, 2.24) is 0 Å². The maximum absolute atomic E-state index is 13.1. The summed E-state index contributed by atoms with van der Waals surface area (Å²) in [5, 5.41) is 9.81. The fraction of sp³-hybridized carbons (Fsp3) is 0.190. The first-order valence-corrected chi connectivity index (χ1v) is 8.76. The first kappa shape index (κ1) is 17.7. The molecule has 0 unspecified atom stereocenters. The van der Waals surface area contributed by atoms with E-state index in [0.717, 1.165) is 5.56 Å². The van der Waals surface area contributed by atoms with Crippen LogP contribution in [0.3, 0.4) is 0 Å². The summed E-state index contributed by atoms with van der Waals surface area (Å²) in [6.45, 7) is 5.73. The van der Waals surface area contributed by atoms with Crippen molar-refractivity contribution >= 4 is 10.8 Å². The molecule has 2 aromatic rings. The third-order valence-corrected chi connectivity index (χ3v) is 5.40. The summed E-state index contributed by atoms with van der Waals surface area (Å²) >= 11 is 0. The highest BCUT2D eigenvalue weighted by molar-refractivity contribution is 7.85. The smallest absolute Gasteiger partial charge is 0.0976 e. The third-order valence-electron chi connectivity index (χ3n) is 3.95. The molecule has 2 atom stereocenters. The Morgan fingerprint density at radius 1 is 1.25 bits per heavy atom. The van der Waals surface area contributed by atoms with Crippen molar-refractivity contribution in [3.8, 4) is 18.4 Å². The number of hydrogen-bond acceptors (Lipinski definition) is 2. The third kappa shape index (κ3) is 3.48. The van der Waals surface area contributed by atoms with Gasteiger partial charge in [-0.1, -0.05) is 42.0 Å². The van der Waals surface area contributed by atoms with Gasteiger partial charge in [-0.05, 0) is 37.1 Å². The number of nitrogens with zero attached hydrogens (tertiary/aromatic N) is 1. The number of terminal acetylenes is 1. The number of benzene rings is 2. The van der Waals surface area contributed by atoms with E-state index in [2.05, 4.69) is 18.6 Å². The molecule has 0 fully saturated rings. The highest BCUT2D eigenvalue weighted by atomic mass is 32.2. The van der Waals surface area contributed by atoms with Crippen LogP contribution in [0, 0.1) is 30.6 Å². The molecule has 120 valence electrons. The molecule has 0 aliphatic carbocycles. The molecule has 2 nitrogen and oxygen atoms in total. The minimum absolute atomic E-state index is 0.248.